The average Bonchev–Trinajstić information content (AvgIpc) is 3.21. The number of amides is 4. The minimum Gasteiger partial charge on any atom is -0.388 e. The number of nitrogens with one attached hydrogen (secondary N) is 4. The maximum absolute atomic E-state index is 13.0. The van der Waals surface area contributed by atoms with Crippen LogP contribution in [0.25, 0.3) is 16.6 Å². The monoisotopic (exact) mass is 599 g/mol. The molecule has 1 unspecified atom stereocenters. The van der Waals surface area contributed by atoms with Crippen molar-refractivity contribution in [1.29, 1.82) is 5.41 Å². The Balaban J connectivity index is 0.955. The second-order valence-electron chi connectivity index (χ2n) is 11.1. The van der Waals surface area contributed by atoms with E-state index in [1.165, 1.54) is 6.21 Å². The van der Waals surface area contributed by atoms with Gasteiger partial charge in [0.25, 0.3) is 11.8 Å². The Morgan fingerprint density at radius 1 is 1.07 bits per heavy atom. The molecule has 3 heterocycles. The van der Waals surface area contributed by atoms with Gasteiger partial charge in [-0.1, -0.05) is 11.6 Å². The van der Waals surface area contributed by atoms with E-state index in [0.717, 1.165) is 48.3 Å². The topological polar surface area (TPSA) is 157 Å². The summed E-state index contributed by atoms with van der Waals surface area (Å²) in [6, 6.07) is 9.75. The van der Waals surface area contributed by atoms with E-state index in [-0.39, 0.29) is 24.0 Å². The molecule has 4 N–H and O–H groups in total. The van der Waals surface area contributed by atoms with E-state index in [2.05, 4.69) is 25.9 Å². The number of allylic oxidation sites excluding steroid dienone is 1. The molecule has 3 aromatic rings. The minimum absolute atomic E-state index is 0.0898. The molecule has 1 aliphatic carbocycles. The number of carbonyl (C=O) groups is 4. The van der Waals surface area contributed by atoms with E-state index in [4.69, 9.17) is 17.0 Å². The lowest BCUT2D eigenvalue weighted by atomic mass is 9.77. The summed E-state index contributed by atoms with van der Waals surface area (Å²) in [5, 5.41) is 17.4. The highest BCUT2D eigenvalue weighted by atomic mass is 35.5. The zero-order valence-electron chi connectivity index (χ0n) is 23.2. The predicted molar refractivity (Wildman–Crippen MR) is 162 cm³/mol. The van der Waals surface area contributed by atoms with E-state index in [1.54, 1.807) is 36.5 Å². The molecule has 6 rings (SSSR count). The zero-order valence-corrected chi connectivity index (χ0v) is 24.0. The van der Waals surface area contributed by atoms with Crippen molar-refractivity contribution in [3.8, 4) is 0 Å². The summed E-state index contributed by atoms with van der Waals surface area (Å²) in [5.74, 6) is -1.44. The van der Waals surface area contributed by atoms with Gasteiger partial charge in [-0.15, -0.1) is 0 Å². The van der Waals surface area contributed by atoms with E-state index in [0.29, 0.717) is 33.8 Å². The highest BCUT2D eigenvalue weighted by molar-refractivity contribution is 6.31. The first-order chi connectivity index (χ1) is 20.8. The van der Waals surface area contributed by atoms with Crippen molar-refractivity contribution in [2.24, 2.45) is 5.92 Å². The summed E-state index contributed by atoms with van der Waals surface area (Å²) in [7, 11) is 0. The second-order valence-corrected chi connectivity index (χ2v) is 11.5. The van der Waals surface area contributed by atoms with Crippen LogP contribution >= 0.6 is 11.6 Å². The number of aromatic nitrogens is 2. The van der Waals surface area contributed by atoms with Gasteiger partial charge in [0, 0.05) is 47.7 Å². The van der Waals surface area contributed by atoms with Crippen LogP contribution in [0.15, 0.2) is 48.8 Å². The normalized spacial score (nSPS) is 21.8. The van der Waals surface area contributed by atoms with Gasteiger partial charge >= 0.3 is 0 Å². The summed E-state index contributed by atoms with van der Waals surface area (Å²) in [5.41, 5.74) is 3.97. The molecule has 220 valence electrons. The number of halogens is 1. The fourth-order valence-corrected chi connectivity index (χ4v) is 6.00. The maximum Gasteiger partial charge on any atom is 0.262 e. The van der Waals surface area contributed by atoms with Gasteiger partial charge in [-0.2, -0.15) is 0 Å². The Kier molecular flexibility index (Phi) is 7.90. The average molecular weight is 600 g/mol. The molecule has 0 spiro atoms. The number of nitrogens with zero attached hydrogens (tertiary/aromatic N) is 3. The molecule has 0 radical (unpaired) electrons. The van der Waals surface area contributed by atoms with Gasteiger partial charge in [0.1, 0.15) is 6.04 Å². The fraction of sp³-hybridized carbons (Fsp3) is 0.323. The molecular weight excluding hydrogens is 570 g/mol. The first-order valence-corrected chi connectivity index (χ1v) is 14.7. The van der Waals surface area contributed by atoms with E-state index < -0.39 is 29.7 Å². The van der Waals surface area contributed by atoms with Crippen LogP contribution < -0.4 is 16.0 Å². The highest BCUT2D eigenvalue weighted by Gasteiger charge is 2.44. The Bertz CT molecular complexity index is 1680. The molecule has 2 aromatic carbocycles. The van der Waals surface area contributed by atoms with E-state index in [1.807, 2.05) is 12.3 Å². The third kappa shape index (κ3) is 5.85. The van der Waals surface area contributed by atoms with E-state index in [9.17, 15) is 19.2 Å². The minimum atomic E-state index is -0.971. The predicted octanol–water partition coefficient (Wildman–Crippen LogP) is 3.94. The number of rotatable bonds is 10. The number of fused-ring (bicyclic) bond motifs is 2. The largest absolute Gasteiger partial charge is 0.388 e. The lowest BCUT2D eigenvalue weighted by molar-refractivity contribution is -0.136. The van der Waals surface area contributed by atoms with Crippen molar-refractivity contribution < 1.29 is 19.2 Å². The number of imide groups is 2. The summed E-state index contributed by atoms with van der Waals surface area (Å²) >= 11 is 6.08. The summed E-state index contributed by atoms with van der Waals surface area (Å²) in [6.07, 6.45) is 9.05. The molecule has 3 aliphatic rings. The van der Waals surface area contributed by atoms with Crippen LogP contribution in [0.3, 0.4) is 0 Å². The summed E-state index contributed by atoms with van der Waals surface area (Å²) in [6.45, 7) is 0.717. The molecule has 11 nitrogen and oxygen atoms in total. The molecule has 1 aromatic heterocycles. The number of anilines is 1. The highest BCUT2D eigenvalue weighted by Crippen LogP contribution is 2.32. The van der Waals surface area contributed by atoms with Crippen molar-refractivity contribution in [3.63, 3.8) is 0 Å². The van der Waals surface area contributed by atoms with Crippen LogP contribution in [0, 0.1) is 11.3 Å². The molecule has 1 saturated heterocycles. The van der Waals surface area contributed by atoms with Crippen LogP contribution in [0.4, 0.5) is 5.69 Å². The SMILES string of the molecule is N=C/C(=C\NC1CC(CCCNc2ccc3c(c2)C(=O)N(C2CCC(=O)NC2=O)C3=O)C1)c1cnc2ccc(Cl)cc2n1. The number of hydrogen-bond acceptors (Lipinski definition) is 9. The van der Waals surface area contributed by atoms with Gasteiger partial charge in [0.15, 0.2) is 0 Å². The third-order valence-electron chi connectivity index (χ3n) is 8.22. The Morgan fingerprint density at radius 2 is 1.88 bits per heavy atom. The van der Waals surface area contributed by atoms with Crippen LogP contribution in [0.5, 0.6) is 0 Å². The van der Waals surface area contributed by atoms with Crippen molar-refractivity contribution in [2.45, 2.75) is 50.6 Å². The molecule has 2 fully saturated rings. The lowest BCUT2D eigenvalue weighted by Gasteiger charge is -2.35. The van der Waals surface area contributed by atoms with E-state index >= 15 is 0 Å². The number of carbonyl (C=O) groups excluding carboxylic acids is 4. The molecular formula is C31H30ClN7O4. The maximum atomic E-state index is 13.0. The molecule has 12 heteroatoms. The van der Waals surface area contributed by atoms with Crippen molar-refractivity contribution >= 4 is 63.7 Å². The first kappa shape index (κ1) is 28.5. The molecule has 1 atom stereocenters. The van der Waals surface area contributed by atoms with Crippen LogP contribution in [0.1, 0.15) is 64.9 Å². The summed E-state index contributed by atoms with van der Waals surface area (Å²) in [4.78, 5) is 59.6. The number of piperidine rings is 1. The molecule has 43 heavy (non-hydrogen) atoms. The molecule has 0 bridgehead atoms. The molecule has 4 amide bonds. The second kappa shape index (κ2) is 11.9. The molecule has 1 saturated carbocycles. The van der Waals surface area contributed by atoms with Crippen molar-refractivity contribution in [1.82, 2.24) is 25.5 Å². The van der Waals surface area contributed by atoms with Gasteiger partial charge in [-0.25, -0.2) is 4.98 Å². The van der Waals surface area contributed by atoms with Gasteiger partial charge in [0.05, 0.1) is 34.1 Å². The number of benzene rings is 2. The third-order valence-corrected chi connectivity index (χ3v) is 8.46. The summed E-state index contributed by atoms with van der Waals surface area (Å²) < 4.78 is 0. The quantitative estimate of drug-likeness (QED) is 0.155. The Morgan fingerprint density at radius 3 is 2.67 bits per heavy atom. The smallest absolute Gasteiger partial charge is 0.262 e. The van der Waals surface area contributed by atoms with Gasteiger partial charge in [-0.3, -0.25) is 34.4 Å². The molecule has 2 aliphatic heterocycles. The van der Waals surface area contributed by atoms with Gasteiger partial charge in [-0.05, 0) is 74.4 Å². The van der Waals surface area contributed by atoms with Crippen LogP contribution in [-0.2, 0) is 9.59 Å². The zero-order chi connectivity index (χ0) is 30.1. The van der Waals surface area contributed by atoms with Crippen LogP contribution in [-0.4, -0.2) is 63.3 Å². The number of hydrogen-bond donors (Lipinski definition) is 4. The lowest BCUT2D eigenvalue weighted by Crippen LogP contribution is -2.54. The Labute approximate surface area is 252 Å². The van der Waals surface area contributed by atoms with Crippen LogP contribution in [0.2, 0.25) is 5.02 Å². The Hall–Kier alpha value is -4.64. The van der Waals surface area contributed by atoms with Crippen molar-refractivity contribution in [3.05, 3.63) is 70.6 Å². The fourth-order valence-electron chi connectivity index (χ4n) is 5.83. The van der Waals surface area contributed by atoms with Gasteiger partial charge < -0.3 is 16.0 Å². The van der Waals surface area contributed by atoms with Crippen molar-refractivity contribution in [2.75, 3.05) is 11.9 Å². The first-order valence-electron chi connectivity index (χ1n) is 14.3. The standard InChI is InChI=1S/C31H30ClN7O4/c32-19-3-6-24-25(12-19)37-26(16-36-24)18(14-33)15-35-21-10-17(11-21)2-1-9-34-20-4-5-22-23(13-20)31(43)39(30(22)42)27-7-8-28(40)38-29(27)41/h3-6,12-17,21,27,33-35H,1-2,7-11H2,(H,38,40,41)/b18-15+,33-14?. The van der Waals surface area contributed by atoms with Gasteiger partial charge in [0.2, 0.25) is 11.8 Å².